The second kappa shape index (κ2) is 7.59. The minimum atomic E-state index is -0.258. The maximum absolute atomic E-state index is 12.4. The summed E-state index contributed by atoms with van der Waals surface area (Å²) >= 11 is 0. The van der Waals surface area contributed by atoms with Gasteiger partial charge in [0.25, 0.3) is 5.56 Å². The summed E-state index contributed by atoms with van der Waals surface area (Å²) in [7, 11) is 0. The van der Waals surface area contributed by atoms with Crippen molar-refractivity contribution >= 4 is 5.91 Å². The summed E-state index contributed by atoms with van der Waals surface area (Å²) in [5.74, 6) is 1.03. The predicted molar refractivity (Wildman–Crippen MR) is 96.1 cm³/mol. The standard InChI is InChI=1S/C19H24N4O2/c1-12-4-3-5-15(10-12)22-17(24)11-16-13(2)21-18(23-19(16)25)14-6-8-20-9-7-14/h6-9,12,15H,3-5,10-11H2,1-2H3,(H,22,24)(H,21,23,25)/t12-,15+/m0/s1. The average Bonchev–Trinajstić information content (AvgIpc) is 2.59. The van der Waals surface area contributed by atoms with Crippen molar-refractivity contribution in [2.45, 2.75) is 52.0 Å². The first-order valence-electron chi connectivity index (χ1n) is 8.82. The molecule has 2 N–H and O–H groups in total. The summed E-state index contributed by atoms with van der Waals surface area (Å²) in [6.07, 6.45) is 7.77. The summed E-state index contributed by atoms with van der Waals surface area (Å²) < 4.78 is 0. The van der Waals surface area contributed by atoms with Crippen LogP contribution in [0.25, 0.3) is 11.4 Å². The van der Waals surface area contributed by atoms with Gasteiger partial charge in [0.05, 0.1) is 6.42 Å². The molecule has 25 heavy (non-hydrogen) atoms. The average molecular weight is 340 g/mol. The van der Waals surface area contributed by atoms with Crippen LogP contribution in [0.3, 0.4) is 0 Å². The van der Waals surface area contributed by atoms with E-state index in [9.17, 15) is 9.59 Å². The molecule has 3 rings (SSSR count). The van der Waals surface area contributed by atoms with Crippen LogP contribution in [0.1, 0.15) is 43.9 Å². The van der Waals surface area contributed by atoms with Gasteiger partial charge in [0.1, 0.15) is 5.82 Å². The number of aromatic amines is 1. The number of nitrogens with one attached hydrogen (secondary N) is 2. The number of hydrogen-bond donors (Lipinski definition) is 2. The van der Waals surface area contributed by atoms with Crippen molar-refractivity contribution in [2.24, 2.45) is 5.92 Å². The van der Waals surface area contributed by atoms with Gasteiger partial charge in [-0.1, -0.05) is 19.8 Å². The summed E-state index contributed by atoms with van der Waals surface area (Å²) in [6.45, 7) is 3.99. The van der Waals surface area contributed by atoms with Crippen LogP contribution in [0.4, 0.5) is 0 Å². The fourth-order valence-electron chi connectivity index (χ4n) is 3.47. The quantitative estimate of drug-likeness (QED) is 0.894. The van der Waals surface area contributed by atoms with Crippen molar-refractivity contribution in [1.82, 2.24) is 20.3 Å². The Morgan fingerprint density at radius 3 is 2.76 bits per heavy atom. The number of carbonyl (C=O) groups is 1. The molecule has 6 heteroatoms. The highest BCUT2D eigenvalue weighted by molar-refractivity contribution is 5.79. The molecular formula is C19H24N4O2. The summed E-state index contributed by atoms with van der Waals surface area (Å²) in [6, 6.07) is 3.79. The summed E-state index contributed by atoms with van der Waals surface area (Å²) in [5.41, 5.74) is 1.55. The predicted octanol–water partition coefficient (Wildman–Crippen LogP) is 2.38. The number of pyridine rings is 1. The molecule has 1 saturated carbocycles. The minimum Gasteiger partial charge on any atom is -0.353 e. The van der Waals surface area contributed by atoms with E-state index in [2.05, 4.69) is 27.2 Å². The van der Waals surface area contributed by atoms with Crippen LogP contribution >= 0.6 is 0 Å². The Labute approximate surface area is 147 Å². The normalized spacial score (nSPS) is 20.2. The lowest BCUT2D eigenvalue weighted by atomic mass is 9.87. The molecule has 0 spiro atoms. The third-order valence-electron chi connectivity index (χ3n) is 4.81. The minimum absolute atomic E-state index is 0.0652. The lowest BCUT2D eigenvalue weighted by Crippen LogP contribution is -2.39. The van der Waals surface area contributed by atoms with Crippen LogP contribution < -0.4 is 10.9 Å². The van der Waals surface area contributed by atoms with E-state index in [1.807, 2.05) is 0 Å². The molecule has 0 unspecified atom stereocenters. The van der Waals surface area contributed by atoms with Crippen LogP contribution in [-0.4, -0.2) is 26.9 Å². The Morgan fingerprint density at radius 2 is 2.08 bits per heavy atom. The number of nitrogens with zero attached hydrogens (tertiary/aromatic N) is 2. The first-order chi connectivity index (χ1) is 12.0. The van der Waals surface area contributed by atoms with Crippen LogP contribution in [0.2, 0.25) is 0 Å². The maximum Gasteiger partial charge on any atom is 0.255 e. The van der Waals surface area contributed by atoms with Gasteiger partial charge < -0.3 is 10.3 Å². The van der Waals surface area contributed by atoms with E-state index in [4.69, 9.17) is 0 Å². The van der Waals surface area contributed by atoms with E-state index in [0.29, 0.717) is 23.0 Å². The van der Waals surface area contributed by atoms with Gasteiger partial charge in [-0.15, -0.1) is 0 Å². The molecule has 1 amide bonds. The fourth-order valence-corrected chi connectivity index (χ4v) is 3.47. The molecule has 0 saturated heterocycles. The fraction of sp³-hybridized carbons (Fsp3) is 0.474. The third-order valence-corrected chi connectivity index (χ3v) is 4.81. The number of aromatic nitrogens is 3. The molecule has 2 aromatic heterocycles. The highest BCUT2D eigenvalue weighted by atomic mass is 16.2. The van der Waals surface area contributed by atoms with Gasteiger partial charge in [-0.25, -0.2) is 4.98 Å². The van der Waals surface area contributed by atoms with Gasteiger partial charge >= 0.3 is 0 Å². The number of H-pyrrole nitrogens is 1. The van der Waals surface area contributed by atoms with E-state index in [-0.39, 0.29) is 23.9 Å². The first-order valence-corrected chi connectivity index (χ1v) is 8.82. The largest absolute Gasteiger partial charge is 0.353 e. The van der Waals surface area contributed by atoms with Crippen LogP contribution in [0, 0.1) is 12.8 Å². The van der Waals surface area contributed by atoms with Gasteiger partial charge in [0.2, 0.25) is 5.91 Å². The second-order valence-electron chi connectivity index (χ2n) is 6.93. The van der Waals surface area contributed by atoms with Crippen LogP contribution in [-0.2, 0) is 11.2 Å². The Hall–Kier alpha value is -2.50. The number of hydrogen-bond acceptors (Lipinski definition) is 4. The second-order valence-corrected chi connectivity index (χ2v) is 6.93. The van der Waals surface area contributed by atoms with Gasteiger partial charge in [-0.3, -0.25) is 14.6 Å². The molecular weight excluding hydrogens is 316 g/mol. The highest BCUT2D eigenvalue weighted by Gasteiger charge is 2.21. The SMILES string of the molecule is Cc1nc(-c2ccncc2)[nH]c(=O)c1CC(=O)N[C@@H]1CCC[C@H](C)C1. The Kier molecular flexibility index (Phi) is 5.26. The molecule has 132 valence electrons. The maximum atomic E-state index is 12.4. The van der Waals surface area contributed by atoms with E-state index >= 15 is 0 Å². The Morgan fingerprint density at radius 1 is 1.32 bits per heavy atom. The van der Waals surface area contributed by atoms with Crippen molar-refractivity contribution in [3.8, 4) is 11.4 Å². The van der Waals surface area contributed by atoms with Gasteiger partial charge in [0.15, 0.2) is 0 Å². The molecule has 2 heterocycles. The zero-order valence-electron chi connectivity index (χ0n) is 14.7. The molecule has 0 aromatic carbocycles. The molecule has 0 aliphatic heterocycles. The molecule has 2 aromatic rings. The molecule has 2 atom stereocenters. The highest BCUT2D eigenvalue weighted by Crippen LogP contribution is 2.23. The van der Waals surface area contributed by atoms with Gasteiger partial charge in [-0.2, -0.15) is 0 Å². The third kappa shape index (κ3) is 4.32. The number of amides is 1. The van der Waals surface area contributed by atoms with Crippen LogP contribution in [0.5, 0.6) is 0 Å². The van der Waals surface area contributed by atoms with E-state index in [1.54, 1.807) is 31.5 Å². The molecule has 6 nitrogen and oxygen atoms in total. The zero-order valence-corrected chi connectivity index (χ0v) is 14.7. The van der Waals surface area contributed by atoms with Crippen molar-refractivity contribution in [3.63, 3.8) is 0 Å². The van der Waals surface area contributed by atoms with Crippen molar-refractivity contribution in [2.75, 3.05) is 0 Å². The van der Waals surface area contributed by atoms with E-state index in [1.165, 1.54) is 6.42 Å². The zero-order chi connectivity index (χ0) is 17.8. The number of carbonyl (C=O) groups excluding carboxylic acids is 1. The topological polar surface area (TPSA) is 87.7 Å². The Balaban J connectivity index is 1.72. The summed E-state index contributed by atoms with van der Waals surface area (Å²) in [5, 5.41) is 3.07. The monoisotopic (exact) mass is 340 g/mol. The lowest BCUT2D eigenvalue weighted by Gasteiger charge is -2.27. The van der Waals surface area contributed by atoms with Crippen molar-refractivity contribution < 1.29 is 4.79 Å². The van der Waals surface area contributed by atoms with Crippen molar-refractivity contribution in [1.29, 1.82) is 0 Å². The first kappa shape index (κ1) is 17.3. The molecule has 1 aliphatic carbocycles. The van der Waals surface area contributed by atoms with Gasteiger partial charge in [0, 0.05) is 35.3 Å². The molecule has 1 aliphatic rings. The Bertz CT molecular complexity index is 801. The van der Waals surface area contributed by atoms with E-state index in [0.717, 1.165) is 24.8 Å². The lowest BCUT2D eigenvalue weighted by molar-refractivity contribution is -0.121. The van der Waals surface area contributed by atoms with E-state index < -0.39 is 0 Å². The molecule has 1 fully saturated rings. The van der Waals surface area contributed by atoms with Crippen LogP contribution in [0.15, 0.2) is 29.3 Å². The summed E-state index contributed by atoms with van der Waals surface area (Å²) in [4.78, 5) is 36.0. The number of aryl methyl sites for hydroxylation is 1. The number of rotatable bonds is 4. The van der Waals surface area contributed by atoms with Gasteiger partial charge in [-0.05, 0) is 37.8 Å². The molecule has 0 radical (unpaired) electrons. The molecule has 0 bridgehead atoms. The smallest absolute Gasteiger partial charge is 0.255 e. The van der Waals surface area contributed by atoms with Crippen molar-refractivity contribution in [3.05, 3.63) is 46.1 Å².